The van der Waals surface area contributed by atoms with Crippen molar-refractivity contribution in [2.75, 3.05) is 6.54 Å². The third kappa shape index (κ3) is 3.88. The van der Waals surface area contributed by atoms with Gasteiger partial charge in [0.1, 0.15) is 11.6 Å². The summed E-state index contributed by atoms with van der Waals surface area (Å²) in [5, 5.41) is 3.23. The third-order valence-corrected chi connectivity index (χ3v) is 6.35. The first-order valence-electron chi connectivity index (χ1n) is 9.90. The van der Waals surface area contributed by atoms with E-state index in [0.717, 1.165) is 18.4 Å². The molecule has 142 valence electrons. The molecule has 1 heterocycles. The molecule has 1 saturated carbocycles. The predicted octanol–water partition coefficient (Wildman–Crippen LogP) is 4.62. The van der Waals surface area contributed by atoms with Gasteiger partial charge >= 0.3 is 5.97 Å². The first kappa shape index (κ1) is 19.2. The molecule has 0 spiro atoms. The molecule has 1 aromatic carbocycles. The third-order valence-electron chi connectivity index (χ3n) is 6.35. The molecule has 3 heteroatoms. The minimum Gasteiger partial charge on any atom is -0.461 e. The summed E-state index contributed by atoms with van der Waals surface area (Å²) >= 11 is 0. The largest absolute Gasteiger partial charge is 0.461 e. The number of carbonyl (C=O) groups is 1. The van der Waals surface area contributed by atoms with Gasteiger partial charge in [0.2, 0.25) is 0 Å². The van der Waals surface area contributed by atoms with Gasteiger partial charge in [-0.2, -0.15) is 0 Å². The molecule has 3 rings (SSSR count). The molecule has 0 aromatic heterocycles. The fourth-order valence-corrected chi connectivity index (χ4v) is 4.58. The number of ether oxygens (including phenoxy) is 1. The van der Waals surface area contributed by atoms with Crippen molar-refractivity contribution in [1.29, 1.82) is 0 Å². The van der Waals surface area contributed by atoms with Gasteiger partial charge in [-0.15, -0.1) is 6.58 Å². The Kier molecular flexibility index (Phi) is 5.30. The monoisotopic (exact) mass is 355 g/mol. The van der Waals surface area contributed by atoms with Crippen molar-refractivity contribution in [3.05, 3.63) is 48.0 Å². The van der Waals surface area contributed by atoms with Crippen LogP contribution in [0.15, 0.2) is 42.5 Å². The summed E-state index contributed by atoms with van der Waals surface area (Å²) in [7, 11) is 0. The zero-order valence-corrected chi connectivity index (χ0v) is 16.7. The molecule has 0 amide bonds. The van der Waals surface area contributed by atoms with Crippen molar-refractivity contribution in [3.8, 4) is 0 Å². The van der Waals surface area contributed by atoms with Crippen LogP contribution in [-0.4, -0.2) is 24.2 Å². The first-order valence-corrected chi connectivity index (χ1v) is 9.90. The van der Waals surface area contributed by atoms with Gasteiger partial charge in [0, 0.05) is 12.5 Å². The first-order chi connectivity index (χ1) is 12.2. The molecular formula is C23H33NO2. The second-order valence-corrected chi connectivity index (χ2v) is 9.13. The molecule has 4 atom stereocenters. The fourth-order valence-electron chi connectivity index (χ4n) is 4.58. The Morgan fingerprint density at radius 1 is 1.31 bits per heavy atom. The van der Waals surface area contributed by atoms with Crippen molar-refractivity contribution in [3.63, 3.8) is 0 Å². The second kappa shape index (κ2) is 7.19. The van der Waals surface area contributed by atoms with Crippen LogP contribution in [0.3, 0.4) is 0 Å². The minimum absolute atomic E-state index is 0.0224. The number of rotatable bonds is 6. The number of nitrogens with one attached hydrogen (secondary N) is 1. The Morgan fingerprint density at radius 2 is 1.96 bits per heavy atom. The van der Waals surface area contributed by atoms with Crippen LogP contribution in [0.25, 0.3) is 0 Å². The summed E-state index contributed by atoms with van der Waals surface area (Å²) in [4.78, 5) is 12.9. The van der Waals surface area contributed by atoms with Crippen LogP contribution in [0.4, 0.5) is 0 Å². The Balaban J connectivity index is 1.79. The molecule has 1 aromatic rings. The summed E-state index contributed by atoms with van der Waals surface area (Å²) < 4.78 is 6.17. The average Bonchev–Trinajstić information content (AvgIpc) is 3.35. The quantitative estimate of drug-likeness (QED) is 0.460. The van der Waals surface area contributed by atoms with Crippen LogP contribution in [0.1, 0.15) is 58.9 Å². The SMILES string of the molecule is C=C(C)C[C@]1(C(=O)O[C@@H]2C[C@H](C)CC[C@H]2C(C)(C)c2ccccc2)CN1. The van der Waals surface area contributed by atoms with Gasteiger partial charge in [-0.05, 0) is 43.1 Å². The summed E-state index contributed by atoms with van der Waals surface area (Å²) in [6, 6.07) is 10.6. The Bertz CT molecular complexity index is 660. The lowest BCUT2D eigenvalue weighted by Gasteiger charge is -2.44. The Labute approximate surface area is 158 Å². The molecule has 1 aliphatic heterocycles. The van der Waals surface area contributed by atoms with E-state index in [1.165, 1.54) is 12.0 Å². The van der Waals surface area contributed by atoms with Gasteiger partial charge in [0.05, 0.1) is 0 Å². The molecule has 0 radical (unpaired) electrons. The highest BCUT2D eigenvalue weighted by molar-refractivity contribution is 5.85. The molecule has 0 bridgehead atoms. The minimum atomic E-state index is -0.520. The molecule has 1 N–H and O–H groups in total. The maximum absolute atomic E-state index is 12.9. The molecule has 3 nitrogen and oxygen atoms in total. The summed E-state index contributed by atoms with van der Waals surface area (Å²) in [5.74, 6) is 0.846. The lowest BCUT2D eigenvalue weighted by Crippen LogP contribution is -2.45. The van der Waals surface area contributed by atoms with Gasteiger partial charge in [-0.3, -0.25) is 5.32 Å². The smallest absolute Gasteiger partial charge is 0.328 e. The van der Waals surface area contributed by atoms with Crippen LogP contribution < -0.4 is 5.32 Å². The van der Waals surface area contributed by atoms with Gasteiger partial charge in [-0.1, -0.05) is 63.1 Å². The number of esters is 1. The van der Waals surface area contributed by atoms with Crippen molar-refractivity contribution < 1.29 is 9.53 Å². The lowest BCUT2D eigenvalue weighted by atomic mass is 9.64. The molecule has 0 unspecified atom stereocenters. The zero-order valence-electron chi connectivity index (χ0n) is 16.7. The van der Waals surface area contributed by atoms with Gasteiger partial charge in [0.15, 0.2) is 0 Å². The van der Waals surface area contributed by atoms with Crippen LogP contribution in [0, 0.1) is 11.8 Å². The molecular weight excluding hydrogens is 322 g/mol. The van der Waals surface area contributed by atoms with Crippen molar-refractivity contribution >= 4 is 5.97 Å². The van der Waals surface area contributed by atoms with Gasteiger partial charge in [0.25, 0.3) is 0 Å². The van der Waals surface area contributed by atoms with E-state index in [-0.39, 0.29) is 17.5 Å². The second-order valence-electron chi connectivity index (χ2n) is 9.13. The van der Waals surface area contributed by atoms with E-state index in [0.29, 0.717) is 24.8 Å². The molecule has 2 aliphatic rings. The highest BCUT2D eigenvalue weighted by atomic mass is 16.5. The van der Waals surface area contributed by atoms with E-state index in [4.69, 9.17) is 4.74 Å². The summed E-state index contributed by atoms with van der Waals surface area (Å²) in [6.07, 6.45) is 3.90. The molecule has 1 aliphatic carbocycles. The van der Waals surface area contributed by atoms with Crippen molar-refractivity contribution in [1.82, 2.24) is 5.32 Å². The van der Waals surface area contributed by atoms with Crippen LogP contribution in [-0.2, 0) is 14.9 Å². The highest BCUT2D eigenvalue weighted by Crippen LogP contribution is 2.44. The van der Waals surface area contributed by atoms with Gasteiger partial charge in [-0.25, -0.2) is 4.79 Å². The summed E-state index contributed by atoms with van der Waals surface area (Å²) in [5.41, 5.74) is 1.80. The van der Waals surface area contributed by atoms with Gasteiger partial charge < -0.3 is 4.74 Å². The predicted molar refractivity (Wildman–Crippen MR) is 106 cm³/mol. The summed E-state index contributed by atoms with van der Waals surface area (Å²) in [6.45, 7) is 13.5. The van der Waals surface area contributed by atoms with E-state index in [1.807, 2.05) is 6.92 Å². The van der Waals surface area contributed by atoms with E-state index < -0.39 is 5.54 Å². The number of carbonyl (C=O) groups excluding carboxylic acids is 1. The number of benzene rings is 1. The number of hydrogen-bond donors (Lipinski definition) is 1. The molecule has 2 fully saturated rings. The van der Waals surface area contributed by atoms with E-state index in [2.05, 4.69) is 63.0 Å². The maximum atomic E-state index is 12.9. The lowest BCUT2D eigenvalue weighted by molar-refractivity contribution is -0.159. The normalized spacial score (nSPS) is 31.3. The van der Waals surface area contributed by atoms with Crippen molar-refractivity contribution in [2.24, 2.45) is 11.8 Å². The van der Waals surface area contributed by atoms with E-state index >= 15 is 0 Å². The van der Waals surface area contributed by atoms with Crippen LogP contribution in [0.2, 0.25) is 0 Å². The van der Waals surface area contributed by atoms with E-state index in [1.54, 1.807) is 0 Å². The Morgan fingerprint density at radius 3 is 2.54 bits per heavy atom. The highest BCUT2D eigenvalue weighted by Gasteiger charge is 2.52. The van der Waals surface area contributed by atoms with Crippen molar-refractivity contribution in [2.45, 2.75) is 70.4 Å². The Hall–Kier alpha value is -1.61. The van der Waals surface area contributed by atoms with E-state index in [9.17, 15) is 4.79 Å². The maximum Gasteiger partial charge on any atom is 0.328 e. The topological polar surface area (TPSA) is 48.2 Å². The van der Waals surface area contributed by atoms with Crippen LogP contribution >= 0.6 is 0 Å². The van der Waals surface area contributed by atoms with Crippen LogP contribution in [0.5, 0.6) is 0 Å². The zero-order chi connectivity index (χ0) is 18.9. The molecule has 26 heavy (non-hydrogen) atoms. The standard InChI is InChI=1S/C23H33NO2/c1-16(2)14-23(15-24-23)21(25)26-20-13-17(3)11-12-19(20)22(4,5)18-9-7-6-8-10-18/h6-10,17,19-20,24H,1,11-15H2,2-5H3/t17-,19-,20-,23-/m1/s1. The average molecular weight is 356 g/mol. The fraction of sp³-hybridized carbons (Fsp3) is 0.609. The molecule has 1 saturated heterocycles. The number of hydrogen-bond acceptors (Lipinski definition) is 3.